The molecule has 2 aromatic carbocycles. The van der Waals surface area contributed by atoms with Gasteiger partial charge in [0, 0.05) is 17.2 Å². The molecule has 136 valence electrons. The Bertz CT molecular complexity index is 1010. The van der Waals surface area contributed by atoms with Gasteiger partial charge in [-0.1, -0.05) is 36.4 Å². The minimum absolute atomic E-state index is 0.175. The van der Waals surface area contributed by atoms with Crippen molar-refractivity contribution in [1.82, 2.24) is 4.57 Å². The molecule has 27 heavy (non-hydrogen) atoms. The van der Waals surface area contributed by atoms with Gasteiger partial charge in [0.15, 0.2) is 0 Å². The average molecular weight is 361 g/mol. The predicted octanol–water partition coefficient (Wildman–Crippen LogP) is 2.96. The lowest BCUT2D eigenvalue weighted by Crippen LogP contribution is -2.53. The van der Waals surface area contributed by atoms with E-state index in [2.05, 4.69) is 0 Å². The zero-order valence-electron chi connectivity index (χ0n) is 15.2. The molecule has 0 radical (unpaired) electrons. The van der Waals surface area contributed by atoms with Crippen LogP contribution in [0.25, 0.3) is 24.3 Å². The first-order valence-corrected chi connectivity index (χ1v) is 8.49. The number of aromatic nitrogens is 2. The first-order valence-electron chi connectivity index (χ1n) is 8.49. The maximum Gasteiger partial charge on any atom is 0.498 e. The van der Waals surface area contributed by atoms with Crippen molar-refractivity contribution in [3.8, 4) is 11.5 Å². The van der Waals surface area contributed by atoms with Crippen LogP contribution in [0, 0.1) is 0 Å². The molecule has 1 heterocycles. The largest absolute Gasteiger partial charge is 0.507 e. The van der Waals surface area contributed by atoms with Crippen LogP contribution in [0.5, 0.6) is 11.5 Å². The molecule has 1 aromatic heterocycles. The topological polar surface area (TPSA) is 66.3 Å². The SMILES string of the molecule is Cn1c(/C=C/c2ccccc2O)cc(/C=C/c2ccccc2O)[n+](C)c1=O. The van der Waals surface area contributed by atoms with Gasteiger partial charge in [0.1, 0.15) is 22.9 Å². The van der Waals surface area contributed by atoms with Gasteiger partial charge >= 0.3 is 5.69 Å². The Morgan fingerprint density at radius 3 is 1.93 bits per heavy atom. The van der Waals surface area contributed by atoms with E-state index in [0.29, 0.717) is 22.5 Å². The van der Waals surface area contributed by atoms with Crippen molar-refractivity contribution < 1.29 is 14.8 Å². The fourth-order valence-corrected chi connectivity index (χ4v) is 2.72. The molecule has 0 amide bonds. The lowest BCUT2D eigenvalue weighted by molar-refractivity contribution is -0.692. The molecule has 5 heteroatoms. The van der Waals surface area contributed by atoms with Crippen molar-refractivity contribution in [1.29, 1.82) is 0 Å². The molecule has 3 rings (SSSR count). The fourth-order valence-electron chi connectivity index (χ4n) is 2.72. The number of hydrogen-bond donors (Lipinski definition) is 2. The molecule has 0 aliphatic carbocycles. The molecule has 0 saturated heterocycles. The highest BCUT2D eigenvalue weighted by Gasteiger charge is 2.13. The summed E-state index contributed by atoms with van der Waals surface area (Å²) < 4.78 is 3.07. The van der Waals surface area contributed by atoms with Gasteiger partial charge < -0.3 is 10.2 Å². The highest BCUT2D eigenvalue weighted by molar-refractivity contribution is 5.73. The second-order valence-electron chi connectivity index (χ2n) is 6.18. The summed E-state index contributed by atoms with van der Waals surface area (Å²) in [4.78, 5) is 12.5. The lowest BCUT2D eigenvalue weighted by Gasteiger charge is -2.04. The molecular formula is C22H21N2O3+. The Morgan fingerprint density at radius 1 is 0.852 bits per heavy atom. The summed E-state index contributed by atoms with van der Waals surface area (Å²) in [5.74, 6) is 0.361. The van der Waals surface area contributed by atoms with Crippen LogP contribution in [0.15, 0.2) is 59.4 Å². The van der Waals surface area contributed by atoms with E-state index in [9.17, 15) is 15.0 Å². The van der Waals surface area contributed by atoms with Crippen LogP contribution in [0.2, 0.25) is 0 Å². The molecule has 3 aromatic rings. The van der Waals surface area contributed by atoms with Crippen LogP contribution in [-0.2, 0) is 14.1 Å². The van der Waals surface area contributed by atoms with Crippen molar-refractivity contribution in [2.24, 2.45) is 14.1 Å². The maximum absolute atomic E-state index is 12.5. The summed E-state index contributed by atoms with van der Waals surface area (Å²) in [5.41, 5.74) is 2.55. The van der Waals surface area contributed by atoms with E-state index in [0.717, 1.165) is 0 Å². The number of rotatable bonds is 4. The van der Waals surface area contributed by atoms with Gasteiger partial charge in [0.05, 0.1) is 14.1 Å². The number of hydrogen-bond acceptors (Lipinski definition) is 3. The van der Waals surface area contributed by atoms with E-state index < -0.39 is 0 Å². The van der Waals surface area contributed by atoms with Crippen molar-refractivity contribution in [3.05, 3.63) is 87.6 Å². The quantitative estimate of drug-likeness (QED) is 0.702. The molecule has 0 fully saturated rings. The number of phenolic OH excluding ortho intramolecular Hbond substituents is 2. The van der Waals surface area contributed by atoms with Crippen LogP contribution >= 0.6 is 0 Å². The Labute approximate surface area is 157 Å². The minimum Gasteiger partial charge on any atom is -0.507 e. The summed E-state index contributed by atoms with van der Waals surface area (Å²) >= 11 is 0. The van der Waals surface area contributed by atoms with E-state index in [1.165, 1.54) is 9.13 Å². The Hall–Kier alpha value is -3.60. The van der Waals surface area contributed by atoms with Gasteiger partial charge in [-0.3, -0.25) is 0 Å². The molecule has 0 aliphatic rings. The van der Waals surface area contributed by atoms with Crippen LogP contribution in [0.4, 0.5) is 0 Å². The number of aromatic hydroxyl groups is 2. The van der Waals surface area contributed by atoms with Crippen LogP contribution < -0.4 is 10.3 Å². The van der Waals surface area contributed by atoms with Gasteiger partial charge in [0.2, 0.25) is 0 Å². The molecule has 0 saturated carbocycles. The molecule has 0 spiro atoms. The average Bonchev–Trinajstić information content (AvgIpc) is 2.67. The van der Waals surface area contributed by atoms with Crippen molar-refractivity contribution >= 4 is 24.3 Å². The summed E-state index contributed by atoms with van der Waals surface area (Å²) in [6.45, 7) is 0. The van der Waals surface area contributed by atoms with Gasteiger partial charge in [-0.05, 0) is 36.4 Å². The van der Waals surface area contributed by atoms with E-state index in [-0.39, 0.29) is 17.2 Å². The fraction of sp³-hybridized carbons (Fsp3) is 0.0909. The van der Waals surface area contributed by atoms with Crippen LogP contribution in [0.1, 0.15) is 22.5 Å². The predicted molar refractivity (Wildman–Crippen MR) is 107 cm³/mol. The molecule has 0 bridgehead atoms. The molecule has 2 N–H and O–H groups in total. The molecular weight excluding hydrogens is 340 g/mol. The summed E-state index contributed by atoms with van der Waals surface area (Å²) in [6.07, 6.45) is 7.10. The third-order valence-electron chi connectivity index (χ3n) is 4.39. The number of para-hydroxylation sites is 2. The zero-order chi connectivity index (χ0) is 19.4. The molecule has 0 aliphatic heterocycles. The first-order chi connectivity index (χ1) is 13.0. The summed E-state index contributed by atoms with van der Waals surface area (Å²) in [7, 11) is 3.40. The Balaban J connectivity index is 2.01. The van der Waals surface area contributed by atoms with Gasteiger partial charge in [-0.25, -0.2) is 0 Å². The van der Waals surface area contributed by atoms with Gasteiger partial charge in [0.25, 0.3) is 0 Å². The van der Waals surface area contributed by atoms with Gasteiger partial charge in [-0.15, -0.1) is 0 Å². The van der Waals surface area contributed by atoms with Crippen LogP contribution in [0.3, 0.4) is 0 Å². The van der Waals surface area contributed by atoms with E-state index in [1.807, 2.05) is 18.2 Å². The van der Waals surface area contributed by atoms with Gasteiger partial charge in [-0.2, -0.15) is 13.9 Å². The highest BCUT2D eigenvalue weighted by Crippen LogP contribution is 2.19. The number of nitrogens with zero attached hydrogens (tertiary/aromatic N) is 2. The third-order valence-corrected chi connectivity index (χ3v) is 4.39. The maximum atomic E-state index is 12.5. The normalized spacial score (nSPS) is 11.5. The number of phenols is 2. The Kier molecular flexibility index (Phi) is 5.22. The summed E-state index contributed by atoms with van der Waals surface area (Å²) in [6, 6.07) is 15.9. The second kappa shape index (κ2) is 7.74. The molecule has 5 nitrogen and oxygen atoms in total. The highest BCUT2D eigenvalue weighted by atomic mass is 16.3. The van der Waals surface area contributed by atoms with E-state index in [1.54, 1.807) is 74.8 Å². The third kappa shape index (κ3) is 3.98. The lowest BCUT2D eigenvalue weighted by atomic mass is 10.1. The van der Waals surface area contributed by atoms with E-state index in [4.69, 9.17) is 0 Å². The Morgan fingerprint density at radius 2 is 1.37 bits per heavy atom. The zero-order valence-corrected chi connectivity index (χ0v) is 15.2. The second-order valence-corrected chi connectivity index (χ2v) is 6.18. The monoisotopic (exact) mass is 361 g/mol. The van der Waals surface area contributed by atoms with Crippen molar-refractivity contribution in [2.75, 3.05) is 0 Å². The first kappa shape index (κ1) is 18.2. The van der Waals surface area contributed by atoms with Crippen molar-refractivity contribution in [3.63, 3.8) is 0 Å². The smallest absolute Gasteiger partial charge is 0.498 e. The van der Waals surface area contributed by atoms with Crippen LogP contribution in [-0.4, -0.2) is 14.8 Å². The summed E-state index contributed by atoms with van der Waals surface area (Å²) in [5, 5.41) is 19.8. The van der Waals surface area contributed by atoms with Crippen molar-refractivity contribution in [2.45, 2.75) is 0 Å². The molecule has 0 atom stereocenters. The molecule has 0 unspecified atom stereocenters. The number of benzene rings is 2. The minimum atomic E-state index is -0.175. The van der Waals surface area contributed by atoms with E-state index >= 15 is 0 Å². The standard InChI is InChI=1S/C22H20N2O3/c1-23-18(13-11-16-7-3-5-9-20(16)25)15-19(24(2)22(23)27)14-12-17-8-4-6-10-21(17)26/h3-15H,1-2H3,(H,25,26)/p+1.